The molecular formula is C42H37BrF3IN4O2S. The van der Waals surface area contributed by atoms with Gasteiger partial charge >= 0.3 is 0 Å². The summed E-state index contributed by atoms with van der Waals surface area (Å²) in [6.45, 7) is 4.26. The van der Waals surface area contributed by atoms with E-state index in [1.807, 2.05) is 86.0 Å². The summed E-state index contributed by atoms with van der Waals surface area (Å²) < 4.78 is 44.7. The first-order chi connectivity index (χ1) is 26.0. The predicted molar refractivity (Wildman–Crippen MR) is 225 cm³/mol. The lowest BCUT2D eigenvalue weighted by molar-refractivity contribution is 0.0204. The highest BCUT2D eigenvalue weighted by molar-refractivity contribution is 14.1. The van der Waals surface area contributed by atoms with Crippen LogP contribution in [0.3, 0.4) is 0 Å². The number of carbonyl (C=O) groups is 2. The third-order valence-electron chi connectivity index (χ3n) is 8.30. The van der Waals surface area contributed by atoms with E-state index in [1.165, 1.54) is 6.07 Å². The van der Waals surface area contributed by atoms with Crippen LogP contribution in [-0.2, 0) is 12.8 Å². The molecule has 2 amide bonds. The van der Waals surface area contributed by atoms with Gasteiger partial charge in [-0.15, -0.1) is 11.3 Å². The molecule has 54 heavy (non-hydrogen) atoms. The van der Waals surface area contributed by atoms with Gasteiger partial charge in [-0.25, -0.2) is 8.78 Å². The highest BCUT2D eigenvalue weighted by atomic mass is 127. The van der Waals surface area contributed by atoms with Gasteiger partial charge in [0.1, 0.15) is 0 Å². The Morgan fingerprint density at radius 3 is 2.19 bits per heavy atom. The molecule has 278 valence electrons. The molecule has 1 aromatic heterocycles. The molecule has 0 aliphatic carbocycles. The fourth-order valence-electron chi connectivity index (χ4n) is 5.41. The van der Waals surface area contributed by atoms with Crippen LogP contribution in [0, 0.1) is 29.1 Å². The Bertz CT molecular complexity index is 2210. The van der Waals surface area contributed by atoms with Crippen molar-refractivity contribution in [1.29, 1.82) is 0 Å². The summed E-state index contributed by atoms with van der Waals surface area (Å²) in [5.41, 5.74) is 5.16. The van der Waals surface area contributed by atoms with Gasteiger partial charge in [0.2, 0.25) is 0 Å². The second-order valence-electron chi connectivity index (χ2n) is 12.2. The Morgan fingerprint density at radius 1 is 0.759 bits per heavy atom. The van der Waals surface area contributed by atoms with Gasteiger partial charge in [-0.05, 0) is 138 Å². The molecule has 0 spiro atoms. The van der Waals surface area contributed by atoms with E-state index < -0.39 is 23.4 Å². The molecule has 0 bridgehead atoms. The highest BCUT2D eigenvalue weighted by Gasteiger charge is 2.21. The topological polar surface area (TPSA) is 73.5 Å². The van der Waals surface area contributed by atoms with Crippen molar-refractivity contribution in [3.05, 3.63) is 173 Å². The summed E-state index contributed by atoms with van der Waals surface area (Å²) in [5.74, 6) is -3.19. The van der Waals surface area contributed by atoms with Crippen LogP contribution in [-0.4, -0.2) is 30.0 Å². The maximum absolute atomic E-state index is 14.5. The van der Waals surface area contributed by atoms with Crippen LogP contribution in [0.25, 0.3) is 0 Å². The fourth-order valence-corrected chi connectivity index (χ4v) is 7.24. The molecule has 0 aliphatic rings. The first-order valence-electron chi connectivity index (χ1n) is 17.0. The van der Waals surface area contributed by atoms with Gasteiger partial charge in [-0.3, -0.25) is 9.59 Å². The molecular weight excluding hydrogens is 888 g/mol. The zero-order valence-corrected chi connectivity index (χ0v) is 34.0. The fraction of sp³-hybridized carbons (Fsp3) is 0.143. The number of aryl methyl sites for hydroxylation is 2. The molecule has 6 nitrogen and oxygen atoms in total. The summed E-state index contributed by atoms with van der Waals surface area (Å²) in [4.78, 5) is 26.3. The van der Waals surface area contributed by atoms with Gasteiger partial charge in [0.05, 0.1) is 29.0 Å². The van der Waals surface area contributed by atoms with E-state index in [2.05, 4.69) is 60.5 Å². The minimum atomic E-state index is -1.08. The van der Waals surface area contributed by atoms with Crippen molar-refractivity contribution >= 4 is 84.4 Å². The summed E-state index contributed by atoms with van der Waals surface area (Å²) in [5, 5.41) is 11.1. The minimum absolute atomic E-state index is 0.0136. The number of anilines is 4. The lowest BCUT2D eigenvalue weighted by Crippen LogP contribution is -2.26. The smallest absolute Gasteiger partial charge is 0.283 e. The largest absolute Gasteiger partial charge is 0.355 e. The predicted octanol–water partition coefficient (Wildman–Crippen LogP) is 11.7. The van der Waals surface area contributed by atoms with Gasteiger partial charge in [0, 0.05) is 30.8 Å². The Balaban J connectivity index is 0.000000208. The number of carbonyl (C=O) groups excluding carboxylic acids is 2. The number of thiophene rings is 1. The summed E-state index contributed by atoms with van der Waals surface area (Å²) in [6.07, 6.45) is 1.15. The van der Waals surface area contributed by atoms with Crippen LogP contribution >= 0.6 is 49.9 Å². The van der Waals surface area contributed by atoms with Crippen molar-refractivity contribution in [2.24, 2.45) is 0 Å². The Morgan fingerprint density at radius 2 is 1.46 bits per heavy atom. The van der Waals surface area contributed by atoms with Crippen molar-refractivity contribution < 1.29 is 22.9 Å². The molecule has 6 rings (SSSR count). The van der Waals surface area contributed by atoms with E-state index in [0.717, 1.165) is 41.4 Å². The Kier molecular flexibility index (Phi) is 14.7. The number of nitrogens with one attached hydrogen (secondary N) is 3. The Hall–Kier alpha value is -4.66. The number of hydrogen-bond donors (Lipinski definition) is 3. The van der Waals surface area contributed by atoms with Gasteiger partial charge in [0.25, 0.3) is 11.8 Å². The molecule has 0 saturated carbocycles. The van der Waals surface area contributed by atoms with E-state index in [9.17, 15) is 22.9 Å². The minimum Gasteiger partial charge on any atom is -0.355 e. The number of para-hydroxylation sites is 1. The van der Waals surface area contributed by atoms with Crippen LogP contribution in [0.1, 0.15) is 42.3 Å². The molecule has 0 fully saturated rings. The van der Waals surface area contributed by atoms with E-state index in [1.54, 1.807) is 41.7 Å². The Labute approximate surface area is 339 Å². The molecule has 0 unspecified atom stereocenters. The standard InChI is InChI=1S/C22H20FIN2O.C20H17BrF2N2OS/c1-16-15-18(24)11-12-20(16)25-21-10-6-5-9-19(21)22(27)26(23)14-13-17-7-3-2-4-8-17;1-12-11-13(21)4-7-17(12)25-19-15(5-6-16(22)18(19)23)20(26)24-9-8-14-3-2-10-27-14/h2-12,15,25H,13-14H2,1H3;2-7,10-11,25H,8-9H2,1H3,(H,24,26). The van der Waals surface area contributed by atoms with E-state index in [0.29, 0.717) is 36.3 Å². The quantitative estimate of drug-likeness (QED) is 0.0844. The lowest BCUT2D eigenvalue weighted by Gasteiger charge is -2.17. The van der Waals surface area contributed by atoms with Crippen LogP contribution in [0.15, 0.2) is 125 Å². The summed E-state index contributed by atoms with van der Waals surface area (Å²) >= 11 is 7.23. The molecule has 0 saturated heterocycles. The monoisotopic (exact) mass is 924 g/mol. The summed E-state index contributed by atoms with van der Waals surface area (Å²) in [7, 11) is 0. The first-order valence-corrected chi connectivity index (χ1v) is 19.7. The molecule has 1 heterocycles. The van der Waals surface area contributed by atoms with E-state index in [4.69, 9.17) is 0 Å². The van der Waals surface area contributed by atoms with Crippen molar-refractivity contribution in [2.75, 3.05) is 23.7 Å². The first kappa shape index (κ1) is 40.5. The van der Waals surface area contributed by atoms with Crippen LogP contribution in [0.2, 0.25) is 0 Å². The van der Waals surface area contributed by atoms with Gasteiger partial charge in [-0.1, -0.05) is 68.9 Å². The van der Waals surface area contributed by atoms with Crippen LogP contribution in [0.5, 0.6) is 0 Å². The number of rotatable bonds is 12. The summed E-state index contributed by atoms with van der Waals surface area (Å²) in [6, 6.07) is 34.1. The third-order valence-corrected chi connectivity index (χ3v) is 10.4. The van der Waals surface area contributed by atoms with Crippen LogP contribution in [0.4, 0.5) is 36.0 Å². The normalized spacial score (nSPS) is 10.6. The van der Waals surface area contributed by atoms with E-state index in [-0.39, 0.29) is 22.9 Å². The average molecular weight is 926 g/mol. The van der Waals surface area contributed by atoms with Gasteiger partial charge in [0.15, 0.2) is 11.6 Å². The molecule has 6 aromatic rings. The molecule has 0 aliphatic heterocycles. The van der Waals surface area contributed by atoms with Crippen molar-refractivity contribution in [1.82, 2.24) is 10.4 Å². The zero-order valence-electron chi connectivity index (χ0n) is 29.4. The number of halogens is 5. The molecule has 0 atom stereocenters. The van der Waals surface area contributed by atoms with Crippen LogP contribution < -0.4 is 16.0 Å². The molecule has 12 heteroatoms. The lowest BCUT2D eigenvalue weighted by atomic mass is 10.1. The second-order valence-corrected chi connectivity index (χ2v) is 15.4. The highest BCUT2D eigenvalue weighted by Crippen LogP contribution is 2.30. The maximum Gasteiger partial charge on any atom is 0.283 e. The van der Waals surface area contributed by atoms with Crippen molar-refractivity contribution in [3.8, 4) is 0 Å². The molecule has 0 radical (unpaired) electrons. The number of nitrogens with zero attached hydrogens (tertiary/aromatic N) is 1. The maximum atomic E-state index is 14.5. The number of amides is 2. The van der Waals surface area contributed by atoms with Gasteiger partial charge in [-0.2, -0.15) is 5.12 Å². The number of benzene rings is 5. The van der Waals surface area contributed by atoms with E-state index >= 15 is 0 Å². The molecule has 5 aromatic carbocycles. The van der Waals surface area contributed by atoms with Gasteiger partial charge < -0.3 is 16.0 Å². The number of hydrogen-bond acceptors (Lipinski definition) is 5. The zero-order chi connectivity index (χ0) is 38.6. The van der Waals surface area contributed by atoms with Crippen molar-refractivity contribution in [3.63, 3.8) is 0 Å². The second kappa shape index (κ2) is 19.6. The van der Waals surface area contributed by atoms with Crippen molar-refractivity contribution in [2.45, 2.75) is 26.7 Å². The SMILES string of the molecule is Cc1cc(Br)ccc1Nc1c(C(=O)NCCc2cccs2)ccc(F)c1F.Cc1cc(I)ccc1Nc1ccccc1C(=O)N(F)CCc1ccccc1. The third kappa shape index (κ3) is 11.2. The molecule has 3 N–H and O–H groups in total. The average Bonchev–Trinajstić information content (AvgIpc) is 3.69.